The largest absolute Gasteiger partial charge is 0.325 e. The van der Waals surface area contributed by atoms with Gasteiger partial charge in [0.2, 0.25) is 5.91 Å². The first kappa shape index (κ1) is 13.2. The number of nitrogens with zero attached hydrogens (tertiary/aromatic N) is 1. The third-order valence-corrected chi connectivity index (χ3v) is 2.69. The van der Waals surface area contributed by atoms with Crippen LogP contribution in [0.15, 0.2) is 24.3 Å². The Bertz CT molecular complexity index is 429. The molecule has 0 atom stereocenters. The minimum Gasteiger partial charge on any atom is -0.325 e. The summed E-state index contributed by atoms with van der Waals surface area (Å²) in [5.74, 6) is -0.0898. The molecule has 0 bridgehead atoms. The molecular formula is C13H17N3O. The van der Waals surface area contributed by atoms with E-state index in [1.165, 1.54) is 0 Å². The van der Waals surface area contributed by atoms with Crippen molar-refractivity contribution < 1.29 is 4.79 Å². The van der Waals surface area contributed by atoms with Crippen LogP contribution in [0.25, 0.3) is 0 Å². The second-order valence-electron chi connectivity index (χ2n) is 4.36. The summed E-state index contributed by atoms with van der Waals surface area (Å²) in [7, 11) is 1.75. The fraction of sp³-hybridized carbons (Fsp3) is 0.385. The molecule has 0 aromatic heterocycles. The topological polar surface area (TPSA) is 64.9 Å². The Morgan fingerprint density at radius 3 is 2.41 bits per heavy atom. The predicted molar refractivity (Wildman–Crippen MR) is 67.5 cm³/mol. The monoisotopic (exact) mass is 231 g/mol. The van der Waals surface area contributed by atoms with Crippen LogP contribution in [0.4, 0.5) is 5.69 Å². The first-order valence-electron chi connectivity index (χ1n) is 5.46. The lowest BCUT2D eigenvalue weighted by molar-refractivity contribution is -0.121. The number of rotatable bonds is 4. The second kappa shape index (κ2) is 5.46. The predicted octanol–water partition coefficient (Wildman–Crippen LogP) is 1.69. The van der Waals surface area contributed by atoms with Gasteiger partial charge in [0.15, 0.2) is 0 Å². The molecule has 0 radical (unpaired) electrons. The first-order chi connectivity index (χ1) is 7.99. The van der Waals surface area contributed by atoms with Gasteiger partial charge in [0.1, 0.15) is 0 Å². The standard InChI is InChI=1S/C13H17N3O/c1-13(2,15-3)12(17)16-11-6-4-10(5-7-11)8-9-14/h4-7,15H,8H2,1-3H3,(H,16,17). The molecule has 0 fully saturated rings. The molecule has 4 heteroatoms. The molecule has 0 saturated heterocycles. The molecule has 1 rings (SSSR count). The average molecular weight is 231 g/mol. The number of amides is 1. The van der Waals surface area contributed by atoms with Crippen LogP contribution in [0.3, 0.4) is 0 Å². The van der Waals surface area contributed by atoms with Crippen LogP contribution >= 0.6 is 0 Å². The zero-order chi connectivity index (χ0) is 12.9. The highest BCUT2D eigenvalue weighted by Gasteiger charge is 2.24. The molecule has 90 valence electrons. The van der Waals surface area contributed by atoms with Crippen LogP contribution in [0.2, 0.25) is 0 Å². The van der Waals surface area contributed by atoms with Gasteiger partial charge in [0.05, 0.1) is 18.0 Å². The zero-order valence-electron chi connectivity index (χ0n) is 10.4. The van der Waals surface area contributed by atoms with E-state index in [0.29, 0.717) is 6.42 Å². The van der Waals surface area contributed by atoms with Crippen molar-refractivity contribution in [1.82, 2.24) is 5.32 Å². The third-order valence-electron chi connectivity index (χ3n) is 2.69. The molecule has 1 amide bonds. The van der Waals surface area contributed by atoms with E-state index in [1.807, 2.05) is 26.0 Å². The lowest BCUT2D eigenvalue weighted by Crippen LogP contribution is -2.47. The van der Waals surface area contributed by atoms with E-state index >= 15 is 0 Å². The molecule has 0 unspecified atom stereocenters. The molecule has 0 aliphatic heterocycles. The van der Waals surface area contributed by atoms with Crippen LogP contribution in [-0.2, 0) is 11.2 Å². The number of hydrogen-bond acceptors (Lipinski definition) is 3. The number of likely N-dealkylation sites (N-methyl/N-ethyl adjacent to an activating group) is 1. The van der Waals surface area contributed by atoms with Gasteiger partial charge in [0, 0.05) is 5.69 Å². The van der Waals surface area contributed by atoms with Crippen molar-refractivity contribution in [2.24, 2.45) is 0 Å². The lowest BCUT2D eigenvalue weighted by Gasteiger charge is -2.22. The SMILES string of the molecule is CNC(C)(C)C(=O)Nc1ccc(CC#N)cc1. The number of carbonyl (C=O) groups is 1. The Kier molecular flexibility index (Phi) is 4.24. The van der Waals surface area contributed by atoms with Crippen molar-refractivity contribution in [1.29, 1.82) is 5.26 Å². The number of hydrogen-bond donors (Lipinski definition) is 2. The Balaban J connectivity index is 2.70. The van der Waals surface area contributed by atoms with Gasteiger partial charge in [0.25, 0.3) is 0 Å². The molecule has 0 spiro atoms. The number of benzene rings is 1. The van der Waals surface area contributed by atoms with Gasteiger partial charge in [-0.3, -0.25) is 4.79 Å². The van der Waals surface area contributed by atoms with E-state index in [4.69, 9.17) is 5.26 Å². The quantitative estimate of drug-likeness (QED) is 0.828. The summed E-state index contributed by atoms with van der Waals surface area (Å²) in [6.45, 7) is 3.62. The van der Waals surface area contributed by atoms with Gasteiger partial charge in [-0.2, -0.15) is 5.26 Å². The van der Waals surface area contributed by atoms with E-state index in [1.54, 1.807) is 19.2 Å². The van der Waals surface area contributed by atoms with E-state index in [2.05, 4.69) is 16.7 Å². The number of anilines is 1. The van der Waals surface area contributed by atoms with Gasteiger partial charge < -0.3 is 10.6 Å². The molecule has 4 nitrogen and oxygen atoms in total. The highest BCUT2D eigenvalue weighted by Crippen LogP contribution is 2.12. The molecule has 2 N–H and O–H groups in total. The Morgan fingerprint density at radius 2 is 1.94 bits per heavy atom. The smallest absolute Gasteiger partial charge is 0.244 e. The summed E-state index contributed by atoms with van der Waals surface area (Å²) in [6.07, 6.45) is 0.385. The molecule has 0 aliphatic rings. The first-order valence-corrected chi connectivity index (χ1v) is 5.46. The summed E-state index contributed by atoms with van der Waals surface area (Å²) in [5, 5.41) is 14.3. The Hall–Kier alpha value is -1.86. The zero-order valence-corrected chi connectivity index (χ0v) is 10.4. The normalized spacial score (nSPS) is 10.7. The van der Waals surface area contributed by atoms with Crippen molar-refractivity contribution in [3.05, 3.63) is 29.8 Å². The Labute approximate surface area is 102 Å². The van der Waals surface area contributed by atoms with Crippen LogP contribution in [0.1, 0.15) is 19.4 Å². The summed E-state index contributed by atoms with van der Waals surface area (Å²) in [6, 6.07) is 9.36. The van der Waals surface area contributed by atoms with Crippen molar-refractivity contribution in [2.75, 3.05) is 12.4 Å². The van der Waals surface area contributed by atoms with Crippen LogP contribution in [-0.4, -0.2) is 18.5 Å². The molecule has 0 saturated carbocycles. The van der Waals surface area contributed by atoms with Gasteiger partial charge in [-0.05, 0) is 38.6 Å². The molecule has 0 aliphatic carbocycles. The molecule has 1 aromatic carbocycles. The number of carbonyl (C=O) groups excluding carboxylic acids is 1. The van der Waals surface area contributed by atoms with Crippen LogP contribution in [0, 0.1) is 11.3 Å². The van der Waals surface area contributed by atoms with Gasteiger partial charge in [-0.25, -0.2) is 0 Å². The fourth-order valence-corrected chi connectivity index (χ4v) is 1.20. The molecule has 17 heavy (non-hydrogen) atoms. The van der Waals surface area contributed by atoms with Gasteiger partial charge in [-0.1, -0.05) is 12.1 Å². The highest BCUT2D eigenvalue weighted by atomic mass is 16.2. The van der Waals surface area contributed by atoms with E-state index < -0.39 is 5.54 Å². The van der Waals surface area contributed by atoms with Crippen molar-refractivity contribution in [3.8, 4) is 6.07 Å². The average Bonchev–Trinajstić information content (AvgIpc) is 2.32. The summed E-state index contributed by atoms with van der Waals surface area (Å²) in [5.41, 5.74) is 1.07. The number of nitrogens with one attached hydrogen (secondary N) is 2. The maximum Gasteiger partial charge on any atom is 0.244 e. The van der Waals surface area contributed by atoms with E-state index in [-0.39, 0.29) is 5.91 Å². The number of nitriles is 1. The molecule has 1 aromatic rings. The maximum absolute atomic E-state index is 11.8. The van der Waals surface area contributed by atoms with E-state index in [9.17, 15) is 4.79 Å². The van der Waals surface area contributed by atoms with E-state index in [0.717, 1.165) is 11.3 Å². The van der Waals surface area contributed by atoms with Crippen molar-refractivity contribution in [2.45, 2.75) is 25.8 Å². The van der Waals surface area contributed by atoms with Crippen LogP contribution in [0.5, 0.6) is 0 Å². The fourth-order valence-electron chi connectivity index (χ4n) is 1.20. The van der Waals surface area contributed by atoms with Crippen LogP contribution < -0.4 is 10.6 Å². The summed E-state index contributed by atoms with van der Waals surface area (Å²) >= 11 is 0. The Morgan fingerprint density at radius 1 is 1.35 bits per heavy atom. The maximum atomic E-state index is 11.8. The minimum atomic E-state index is -0.606. The minimum absolute atomic E-state index is 0.0898. The molecular weight excluding hydrogens is 214 g/mol. The molecule has 0 heterocycles. The third kappa shape index (κ3) is 3.58. The lowest BCUT2D eigenvalue weighted by atomic mass is 10.0. The van der Waals surface area contributed by atoms with Crippen molar-refractivity contribution >= 4 is 11.6 Å². The highest BCUT2D eigenvalue weighted by molar-refractivity contribution is 5.97. The second-order valence-corrected chi connectivity index (χ2v) is 4.36. The summed E-state index contributed by atoms with van der Waals surface area (Å²) in [4.78, 5) is 11.8. The summed E-state index contributed by atoms with van der Waals surface area (Å²) < 4.78 is 0. The van der Waals surface area contributed by atoms with Crippen molar-refractivity contribution in [3.63, 3.8) is 0 Å². The van der Waals surface area contributed by atoms with Gasteiger partial charge in [-0.15, -0.1) is 0 Å². The van der Waals surface area contributed by atoms with Gasteiger partial charge >= 0.3 is 0 Å².